The van der Waals surface area contributed by atoms with Gasteiger partial charge in [-0.25, -0.2) is 0 Å². The summed E-state index contributed by atoms with van der Waals surface area (Å²) < 4.78 is 0. The SMILES string of the molecule is N#Cc1cccc(-c2c(C#N)c(N)[nH]c(=O)c2C#N)c1[N+](=O)[O-]. The van der Waals surface area contributed by atoms with Crippen molar-refractivity contribution in [1.82, 2.24) is 4.98 Å². The molecule has 0 aliphatic heterocycles. The molecule has 0 unspecified atom stereocenters. The van der Waals surface area contributed by atoms with Gasteiger partial charge in [-0.05, 0) is 12.1 Å². The van der Waals surface area contributed by atoms with Gasteiger partial charge in [-0.15, -0.1) is 0 Å². The van der Waals surface area contributed by atoms with Crippen LogP contribution in [0.1, 0.15) is 16.7 Å². The Bertz CT molecular complexity index is 1020. The van der Waals surface area contributed by atoms with Crippen LogP contribution in [0.4, 0.5) is 11.5 Å². The lowest BCUT2D eigenvalue weighted by molar-refractivity contribution is -0.384. The van der Waals surface area contributed by atoms with Crippen molar-refractivity contribution < 1.29 is 4.92 Å². The maximum absolute atomic E-state index is 11.9. The lowest BCUT2D eigenvalue weighted by Gasteiger charge is -2.09. The van der Waals surface area contributed by atoms with Crippen LogP contribution in [-0.2, 0) is 0 Å². The molecule has 2 aromatic rings. The molecule has 0 saturated carbocycles. The van der Waals surface area contributed by atoms with Crippen LogP contribution in [0.2, 0.25) is 0 Å². The van der Waals surface area contributed by atoms with E-state index < -0.39 is 21.7 Å². The molecule has 1 aromatic carbocycles. The highest BCUT2D eigenvalue weighted by molar-refractivity contribution is 5.86. The van der Waals surface area contributed by atoms with E-state index in [1.54, 1.807) is 18.2 Å². The van der Waals surface area contributed by atoms with Crippen molar-refractivity contribution in [1.29, 1.82) is 15.8 Å². The first kappa shape index (κ1) is 15.2. The van der Waals surface area contributed by atoms with Gasteiger partial charge in [0.15, 0.2) is 0 Å². The van der Waals surface area contributed by atoms with E-state index in [4.69, 9.17) is 11.0 Å². The number of nitro groups is 1. The zero-order chi connectivity index (χ0) is 17.1. The lowest BCUT2D eigenvalue weighted by atomic mass is 9.93. The lowest BCUT2D eigenvalue weighted by Crippen LogP contribution is -2.16. The van der Waals surface area contributed by atoms with Gasteiger partial charge < -0.3 is 10.7 Å². The second kappa shape index (κ2) is 5.68. The number of nitrogens with two attached hydrogens (primary N) is 1. The molecule has 0 aliphatic carbocycles. The number of nitriles is 3. The molecule has 110 valence electrons. The standard InChI is InChI=1S/C14H6N6O3/c15-4-7-2-1-3-8(12(7)20(22)23)11-9(5-16)13(18)19-14(21)10(11)6-17/h1-3H,(H3,18,19,21). The number of nitrogen functional groups attached to an aromatic ring is 1. The Balaban J connectivity index is 3.10. The summed E-state index contributed by atoms with van der Waals surface area (Å²) in [6.45, 7) is 0. The number of anilines is 1. The summed E-state index contributed by atoms with van der Waals surface area (Å²) in [5.41, 5.74) is 2.59. The Morgan fingerprint density at radius 3 is 2.30 bits per heavy atom. The number of aromatic nitrogens is 1. The Labute approximate surface area is 128 Å². The summed E-state index contributed by atoms with van der Waals surface area (Å²) >= 11 is 0. The second-order valence-corrected chi connectivity index (χ2v) is 4.29. The molecule has 0 amide bonds. The van der Waals surface area contributed by atoms with Crippen molar-refractivity contribution >= 4 is 11.5 Å². The normalized spacial score (nSPS) is 9.43. The first-order valence-corrected chi connectivity index (χ1v) is 6.00. The smallest absolute Gasteiger partial charge is 0.294 e. The maximum atomic E-state index is 11.9. The van der Waals surface area contributed by atoms with Crippen molar-refractivity contribution in [3.8, 4) is 29.3 Å². The number of pyridine rings is 1. The van der Waals surface area contributed by atoms with Crippen molar-refractivity contribution in [2.75, 3.05) is 5.73 Å². The van der Waals surface area contributed by atoms with Crippen molar-refractivity contribution in [3.63, 3.8) is 0 Å². The number of H-pyrrole nitrogens is 1. The molecule has 9 nitrogen and oxygen atoms in total. The Morgan fingerprint density at radius 1 is 1.13 bits per heavy atom. The van der Waals surface area contributed by atoms with Crippen molar-refractivity contribution in [3.05, 3.63) is 55.4 Å². The molecule has 0 spiro atoms. The highest BCUT2D eigenvalue weighted by atomic mass is 16.6. The number of hydrogen-bond acceptors (Lipinski definition) is 7. The number of aromatic amines is 1. The summed E-state index contributed by atoms with van der Waals surface area (Å²) in [7, 11) is 0. The van der Waals surface area contributed by atoms with Gasteiger partial charge in [0.05, 0.1) is 10.5 Å². The average molecular weight is 306 g/mol. The molecule has 2 rings (SSSR count). The van der Waals surface area contributed by atoms with Gasteiger partial charge in [0, 0.05) is 5.56 Å². The number of rotatable bonds is 2. The zero-order valence-corrected chi connectivity index (χ0v) is 11.3. The van der Waals surface area contributed by atoms with E-state index in [0.29, 0.717) is 0 Å². The number of nitrogens with zero attached hydrogens (tertiary/aromatic N) is 4. The molecule has 1 heterocycles. The van der Waals surface area contributed by atoms with Crippen LogP contribution in [0, 0.1) is 44.1 Å². The quantitative estimate of drug-likeness (QED) is 0.617. The number of nitro benzene ring substituents is 1. The number of nitrogens with one attached hydrogen (secondary N) is 1. The third-order valence-electron chi connectivity index (χ3n) is 3.08. The first-order chi connectivity index (χ1) is 11.0. The van der Waals surface area contributed by atoms with Crippen LogP contribution in [-0.4, -0.2) is 9.91 Å². The minimum atomic E-state index is -0.879. The predicted molar refractivity (Wildman–Crippen MR) is 77.7 cm³/mol. The zero-order valence-electron chi connectivity index (χ0n) is 11.3. The molecule has 23 heavy (non-hydrogen) atoms. The topological polar surface area (TPSA) is 173 Å². The van der Waals surface area contributed by atoms with Gasteiger partial charge in [-0.3, -0.25) is 14.9 Å². The maximum Gasteiger partial charge on any atom is 0.294 e. The molecule has 0 aliphatic rings. The predicted octanol–water partition coefficient (Wildman–Crippen LogP) is 1.15. The fourth-order valence-corrected chi connectivity index (χ4v) is 2.14. The van der Waals surface area contributed by atoms with Gasteiger partial charge in [-0.1, -0.05) is 6.07 Å². The van der Waals surface area contributed by atoms with Gasteiger partial charge >= 0.3 is 0 Å². The van der Waals surface area contributed by atoms with Crippen LogP contribution in [0.25, 0.3) is 11.1 Å². The Kier molecular flexibility index (Phi) is 3.76. The fourth-order valence-electron chi connectivity index (χ4n) is 2.14. The highest BCUT2D eigenvalue weighted by Crippen LogP contribution is 2.36. The molecule has 1 aromatic heterocycles. The van der Waals surface area contributed by atoms with Gasteiger partial charge in [-0.2, -0.15) is 15.8 Å². The largest absolute Gasteiger partial charge is 0.384 e. The summed E-state index contributed by atoms with van der Waals surface area (Å²) in [5.74, 6) is -0.317. The van der Waals surface area contributed by atoms with Crippen LogP contribution in [0.5, 0.6) is 0 Å². The van der Waals surface area contributed by atoms with Crippen LogP contribution >= 0.6 is 0 Å². The Morgan fingerprint density at radius 2 is 1.78 bits per heavy atom. The summed E-state index contributed by atoms with van der Waals surface area (Å²) in [5, 5.41) is 38.7. The van der Waals surface area contributed by atoms with Crippen LogP contribution in [0.15, 0.2) is 23.0 Å². The fraction of sp³-hybridized carbons (Fsp3) is 0. The van der Waals surface area contributed by atoms with Gasteiger partial charge in [0.2, 0.25) is 0 Å². The van der Waals surface area contributed by atoms with Crippen molar-refractivity contribution in [2.45, 2.75) is 0 Å². The monoisotopic (exact) mass is 306 g/mol. The summed E-state index contributed by atoms with van der Waals surface area (Å²) in [6, 6.07) is 8.81. The Hall–Kier alpha value is -4.16. The highest BCUT2D eigenvalue weighted by Gasteiger charge is 2.27. The van der Waals surface area contributed by atoms with Crippen LogP contribution < -0.4 is 11.3 Å². The minimum absolute atomic E-state index is 0.194. The molecule has 0 bridgehead atoms. The molecule has 0 saturated heterocycles. The molecular weight excluding hydrogens is 300 g/mol. The van der Waals surface area contributed by atoms with E-state index in [-0.39, 0.29) is 28.1 Å². The van der Waals surface area contributed by atoms with E-state index in [0.717, 1.165) is 0 Å². The molecule has 0 radical (unpaired) electrons. The van der Waals surface area contributed by atoms with Crippen molar-refractivity contribution in [2.24, 2.45) is 0 Å². The van der Waals surface area contributed by atoms with E-state index in [2.05, 4.69) is 4.98 Å². The summed E-state index contributed by atoms with van der Waals surface area (Å²) in [6.07, 6.45) is 0. The third kappa shape index (κ3) is 2.33. The molecule has 0 fully saturated rings. The molecule has 9 heteroatoms. The second-order valence-electron chi connectivity index (χ2n) is 4.29. The van der Waals surface area contributed by atoms with Crippen LogP contribution in [0.3, 0.4) is 0 Å². The third-order valence-corrected chi connectivity index (χ3v) is 3.08. The summed E-state index contributed by atoms with van der Waals surface area (Å²) in [4.78, 5) is 24.5. The van der Waals surface area contributed by atoms with Gasteiger partial charge in [0.1, 0.15) is 40.7 Å². The number of hydrogen-bond donors (Lipinski definition) is 2. The molecule has 3 N–H and O–H groups in total. The average Bonchev–Trinajstić information content (AvgIpc) is 2.53. The van der Waals surface area contributed by atoms with E-state index in [1.165, 1.54) is 18.2 Å². The number of para-hydroxylation sites is 1. The number of benzene rings is 1. The van der Waals surface area contributed by atoms with E-state index in [9.17, 15) is 25.4 Å². The molecular formula is C14H6N6O3. The van der Waals surface area contributed by atoms with E-state index in [1.807, 2.05) is 0 Å². The van der Waals surface area contributed by atoms with E-state index >= 15 is 0 Å². The first-order valence-electron chi connectivity index (χ1n) is 6.00. The minimum Gasteiger partial charge on any atom is -0.384 e. The molecule has 0 atom stereocenters. The van der Waals surface area contributed by atoms with Gasteiger partial charge in [0.25, 0.3) is 11.2 Å².